The van der Waals surface area contributed by atoms with Crippen LogP contribution in [-0.2, 0) is 5.41 Å². The molecule has 25 heavy (non-hydrogen) atoms. The number of nitrogens with one attached hydrogen (secondary N) is 1. The van der Waals surface area contributed by atoms with Crippen molar-refractivity contribution in [3.63, 3.8) is 0 Å². The largest absolute Gasteiger partial charge is 0.369 e. The standard InChI is InChI=1S/C20H28N4O/c1-7-24(14(2)3)17-10-8-15(9-11-17)18(25)23-16-12-21-19(22-13-16)20(4,5)6/h8-14H,7H2,1-6H3,(H,23,25). The second-order valence-electron chi connectivity index (χ2n) is 7.43. The zero-order valence-electron chi connectivity index (χ0n) is 16.0. The minimum Gasteiger partial charge on any atom is -0.369 e. The van der Waals surface area contributed by atoms with Gasteiger partial charge in [-0.15, -0.1) is 0 Å². The van der Waals surface area contributed by atoms with Gasteiger partial charge >= 0.3 is 0 Å². The third kappa shape index (κ3) is 4.78. The summed E-state index contributed by atoms with van der Waals surface area (Å²) in [6, 6.07) is 8.08. The molecule has 1 aromatic heterocycles. The van der Waals surface area contributed by atoms with Gasteiger partial charge in [-0.3, -0.25) is 4.79 Å². The molecule has 1 heterocycles. The molecule has 5 nitrogen and oxygen atoms in total. The van der Waals surface area contributed by atoms with Crippen LogP contribution in [0, 0.1) is 0 Å². The molecule has 0 aliphatic carbocycles. The summed E-state index contributed by atoms with van der Waals surface area (Å²) < 4.78 is 0. The molecule has 2 aromatic rings. The molecule has 1 amide bonds. The number of hydrogen-bond donors (Lipinski definition) is 1. The lowest BCUT2D eigenvalue weighted by molar-refractivity contribution is 0.102. The number of nitrogens with zero attached hydrogens (tertiary/aromatic N) is 3. The van der Waals surface area contributed by atoms with Crippen molar-refractivity contribution >= 4 is 17.3 Å². The topological polar surface area (TPSA) is 58.1 Å². The summed E-state index contributed by atoms with van der Waals surface area (Å²) in [6.07, 6.45) is 3.30. The van der Waals surface area contributed by atoms with Gasteiger partial charge in [0, 0.05) is 29.3 Å². The van der Waals surface area contributed by atoms with Crippen LogP contribution in [0.15, 0.2) is 36.7 Å². The van der Waals surface area contributed by atoms with E-state index in [1.165, 1.54) is 0 Å². The SMILES string of the molecule is CCN(c1ccc(C(=O)Nc2cnc(C(C)(C)C)nc2)cc1)C(C)C. The Hall–Kier alpha value is -2.43. The number of amides is 1. The molecule has 0 spiro atoms. The zero-order valence-corrected chi connectivity index (χ0v) is 16.0. The van der Waals surface area contributed by atoms with Crippen molar-refractivity contribution < 1.29 is 4.79 Å². The first-order valence-corrected chi connectivity index (χ1v) is 8.73. The summed E-state index contributed by atoms with van der Waals surface area (Å²) >= 11 is 0. The first-order valence-electron chi connectivity index (χ1n) is 8.73. The molecule has 0 aliphatic rings. The molecule has 0 fully saturated rings. The average Bonchev–Trinajstić information content (AvgIpc) is 2.55. The second-order valence-corrected chi connectivity index (χ2v) is 7.43. The van der Waals surface area contributed by atoms with E-state index in [0.717, 1.165) is 18.1 Å². The normalized spacial score (nSPS) is 11.5. The third-order valence-corrected chi connectivity index (χ3v) is 4.01. The highest BCUT2D eigenvalue weighted by atomic mass is 16.1. The Kier molecular flexibility index (Phi) is 5.77. The number of rotatable bonds is 5. The molecule has 0 radical (unpaired) electrons. The number of benzene rings is 1. The van der Waals surface area contributed by atoms with Crippen LogP contribution in [-0.4, -0.2) is 28.5 Å². The van der Waals surface area contributed by atoms with Gasteiger partial charge in [0.1, 0.15) is 5.82 Å². The van der Waals surface area contributed by atoms with Gasteiger partial charge in [0.15, 0.2) is 0 Å². The quantitative estimate of drug-likeness (QED) is 0.883. The van der Waals surface area contributed by atoms with Crippen LogP contribution in [0.4, 0.5) is 11.4 Å². The predicted octanol–water partition coefficient (Wildman–Crippen LogP) is 4.26. The maximum Gasteiger partial charge on any atom is 0.255 e. The smallest absolute Gasteiger partial charge is 0.255 e. The van der Waals surface area contributed by atoms with E-state index in [9.17, 15) is 4.79 Å². The molecule has 2 rings (SSSR count). The van der Waals surface area contributed by atoms with Crippen LogP contribution in [0.3, 0.4) is 0 Å². The fourth-order valence-electron chi connectivity index (χ4n) is 2.63. The van der Waals surface area contributed by atoms with Gasteiger partial charge in [0.25, 0.3) is 5.91 Å². The first-order chi connectivity index (χ1) is 11.7. The van der Waals surface area contributed by atoms with Crippen LogP contribution in [0.1, 0.15) is 57.7 Å². The first kappa shape index (κ1) is 18.9. The number of aromatic nitrogens is 2. The molecule has 1 aromatic carbocycles. The number of hydrogen-bond acceptors (Lipinski definition) is 4. The molecule has 0 saturated carbocycles. The molecule has 5 heteroatoms. The second kappa shape index (κ2) is 7.64. The van der Waals surface area contributed by atoms with Gasteiger partial charge in [-0.2, -0.15) is 0 Å². The van der Waals surface area contributed by atoms with Crippen LogP contribution in [0.25, 0.3) is 0 Å². The van der Waals surface area contributed by atoms with Crippen molar-refractivity contribution in [1.82, 2.24) is 9.97 Å². The van der Waals surface area contributed by atoms with Crippen LogP contribution < -0.4 is 10.2 Å². The van der Waals surface area contributed by atoms with Gasteiger partial charge in [0.2, 0.25) is 0 Å². The number of carbonyl (C=O) groups excluding carboxylic acids is 1. The third-order valence-electron chi connectivity index (χ3n) is 4.01. The van der Waals surface area contributed by atoms with Crippen LogP contribution in [0.2, 0.25) is 0 Å². The molecule has 0 bridgehead atoms. The molecular formula is C20H28N4O. The Labute approximate surface area is 150 Å². The monoisotopic (exact) mass is 340 g/mol. The van der Waals surface area contributed by atoms with Crippen molar-refractivity contribution in [2.45, 2.75) is 53.0 Å². The lowest BCUT2D eigenvalue weighted by Gasteiger charge is -2.27. The summed E-state index contributed by atoms with van der Waals surface area (Å²) in [6.45, 7) is 13.5. The van der Waals surface area contributed by atoms with Crippen molar-refractivity contribution in [2.75, 3.05) is 16.8 Å². The van der Waals surface area contributed by atoms with Crippen LogP contribution >= 0.6 is 0 Å². The van der Waals surface area contributed by atoms with Crippen molar-refractivity contribution in [3.05, 3.63) is 48.0 Å². The molecule has 0 atom stereocenters. The van der Waals surface area contributed by atoms with Gasteiger partial charge in [-0.05, 0) is 45.0 Å². The molecule has 0 aliphatic heterocycles. The highest BCUT2D eigenvalue weighted by Crippen LogP contribution is 2.20. The maximum atomic E-state index is 12.4. The fourth-order valence-corrected chi connectivity index (χ4v) is 2.63. The highest BCUT2D eigenvalue weighted by molar-refractivity contribution is 6.04. The van der Waals surface area contributed by atoms with E-state index in [0.29, 0.717) is 17.3 Å². The Morgan fingerprint density at radius 2 is 1.68 bits per heavy atom. The van der Waals surface area contributed by atoms with Gasteiger partial charge in [-0.1, -0.05) is 20.8 Å². The minimum atomic E-state index is -0.161. The molecule has 1 N–H and O–H groups in total. The molecule has 134 valence electrons. The summed E-state index contributed by atoms with van der Waals surface area (Å²) in [5, 5.41) is 2.84. The summed E-state index contributed by atoms with van der Waals surface area (Å²) in [5.74, 6) is 0.592. The van der Waals surface area contributed by atoms with E-state index >= 15 is 0 Å². The van der Waals surface area contributed by atoms with E-state index in [2.05, 4.69) is 61.7 Å². The lowest BCUT2D eigenvalue weighted by Crippen LogP contribution is -2.30. The number of carbonyl (C=O) groups is 1. The van der Waals surface area contributed by atoms with Crippen molar-refractivity contribution in [2.24, 2.45) is 0 Å². The van der Waals surface area contributed by atoms with Crippen molar-refractivity contribution in [3.8, 4) is 0 Å². The van der Waals surface area contributed by atoms with Gasteiger partial charge in [-0.25, -0.2) is 9.97 Å². The Morgan fingerprint density at radius 1 is 1.12 bits per heavy atom. The maximum absolute atomic E-state index is 12.4. The minimum absolute atomic E-state index is 0.111. The summed E-state index contributed by atoms with van der Waals surface area (Å²) in [7, 11) is 0. The molecule has 0 unspecified atom stereocenters. The highest BCUT2D eigenvalue weighted by Gasteiger charge is 2.17. The fraction of sp³-hybridized carbons (Fsp3) is 0.450. The Morgan fingerprint density at radius 3 is 2.12 bits per heavy atom. The zero-order chi connectivity index (χ0) is 18.6. The van der Waals surface area contributed by atoms with E-state index in [4.69, 9.17) is 0 Å². The van der Waals surface area contributed by atoms with E-state index in [1.54, 1.807) is 12.4 Å². The average molecular weight is 340 g/mol. The number of anilines is 2. The van der Waals surface area contributed by atoms with E-state index < -0.39 is 0 Å². The summed E-state index contributed by atoms with van der Waals surface area (Å²) in [4.78, 5) is 23.3. The van der Waals surface area contributed by atoms with Gasteiger partial charge in [0.05, 0.1) is 18.1 Å². The Bertz CT molecular complexity index is 700. The van der Waals surface area contributed by atoms with Gasteiger partial charge < -0.3 is 10.2 Å². The van der Waals surface area contributed by atoms with Crippen molar-refractivity contribution in [1.29, 1.82) is 0 Å². The van der Waals surface area contributed by atoms with Crippen LogP contribution in [0.5, 0.6) is 0 Å². The van der Waals surface area contributed by atoms with E-state index in [-0.39, 0.29) is 11.3 Å². The predicted molar refractivity (Wildman–Crippen MR) is 103 cm³/mol. The summed E-state index contributed by atoms with van der Waals surface area (Å²) in [5.41, 5.74) is 2.22. The lowest BCUT2D eigenvalue weighted by atomic mass is 9.96. The molecular weight excluding hydrogens is 312 g/mol. The van der Waals surface area contributed by atoms with E-state index in [1.807, 2.05) is 24.3 Å². The molecule has 0 saturated heterocycles. The Balaban J connectivity index is 2.08.